The summed E-state index contributed by atoms with van der Waals surface area (Å²) in [7, 11) is 0. The van der Waals surface area contributed by atoms with Crippen molar-refractivity contribution in [2.24, 2.45) is 0 Å². The normalized spacial score (nSPS) is 10.8. The summed E-state index contributed by atoms with van der Waals surface area (Å²) in [4.78, 5) is 33.6. The van der Waals surface area contributed by atoms with E-state index < -0.39 is 35.5 Å². The Kier molecular flexibility index (Phi) is 5.96. The number of amides is 1. The lowest BCUT2D eigenvalue weighted by Gasteiger charge is -2.09. The van der Waals surface area contributed by atoms with Gasteiger partial charge in [-0.2, -0.15) is 0 Å². The summed E-state index contributed by atoms with van der Waals surface area (Å²) in [6.07, 6.45) is -4.85. The number of hydrogen-bond donors (Lipinski definition) is 1. The van der Waals surface area contributed by atoms with Crippen molar-refractivity contribution in [1.29, 1.82) is 0 Å². The Hall–Kier alpha value is -3.63. The summed E-state index contributed by atoms with van der Waals surface area (Å²) in [5, 5.41) is 13.0. The van der Waals surface area contributed by atoms with E-state index in [1.807, 2.05) is 0 Å². The van der Waals surface area contributed by atoms with Crippen molar-refractivity contribution in [3.8, 4) is 5.75 Å². The highest BCUT2D eigenvalue weighted by molar-refractivity contribution is 5.95. The fourth-order valence-corrected chi connectivity index (χ4v) is 1.90. The Morgan fingerprint density at radius 2 is 1.78 bits per heavy atom. The Bertz CT molecular complexity index is 852. The molecule has 142 valence electrons. The highest BCUT2D eigenvalue weighted by Crippen LogP contribution is 2.23. The van der Waals surface area contributed by atoms with E-state index in [1.165, 1.54) is 18.2 Å². The second-order valence-electron chi connectivity index (χ2n) is 5.00. The molecule has 0 saturated carbocycles. The van der Waals surface area contributed by atoms with Gasteiger partial charge in [-0.25, -0.2) is 4.79 Å². The molecule has 0 saturated heterocycles. The first kappa shape index (κ1) is 19.7. The standard InChI is InChI=1S/C16H11F3N2O6/c17-16(18,19)27-13-6-4-10(5-7-13)15(23)26-9-14(22)20-11-2-1-3-12(8-11)21(24)25/h1-8H,9H2,(H,20,22). The van der Waals surface area contributed by atoms with Crippen LogP contribution in [0.1, 0.15) is 10.4 Å². The lowest BCUT2D eigenvalue weighted by Crippen LogP contribution is -2.21. The van der Waals surface area contributed by atoms with Crippen LogP contribution in [0.4, 0.5) is 24.5 Å². The molecular weight excluding hydrogens is 373 g/mol. The molecule has 11 heteroatoms. The fraction of sp³-hybridized carbons (Fsp3) is 0.125. The third kappa shape index (κ3) is 6.30. The quantitative estimate of drug-likeness (QED) is 0.465. The van der Waals surface area contributed by atoms with E-state index in [2.05, 4.69) is 10.1 Å². The summed E-state index contributed by atoms with van der Waals surface area (Å²) in [6.45, 7) is -0.692. The van der Waals surface area contributed by atoms with Crippen LogP contribution in [-0.2, 0) is 9.53 Å². The summed E-state index contributed by atoms with van der Waals surface area (Å²) in [5.41, 5.74) is -0.183. The number of rotatable bonds is 6. The van der Waals surface area contributed by atoms with Crippen LogP contribution in [0.5, 0.6) is 5.75 Å². The molecule has 1 amide bonds. The number of nitrogens with zero attached hydrogens (tertiary/aromatic N) is 1. The Morgan fingerprint density at radius 1 is 1.11 bits per heavy atom. The van der Waals surface area contributed by atoms with Gasteiger partial charge in [-0.1, -0.05) is 6.07 Å². The minimum absolute atomic E-state index is 0.0901. The van der Waals surface area contributed by atoms with Crippen LogP contribution in [0.25, 0.3) is 0 Å². The SMILES string of the molecule is O=C(COC(=O)c1ccc(OC(F)(F)F)cc1)Nc1cccc([N+](=O)[O-])c1. The first-order valence-corrected chi connectivity index (χ1v) is 7.21. The van der Waals surface area contributed by atoms with Crippen molar-refractivity contribution in [3.63, 3.8) is 0 Å². The van der Waals surface area contributed by atoms with Crippen molar-refractivity contribution in [1.82, 2.24) is 0 Å². The van der Waals surface area contributed by atoms with Gasteiger partial charge in [0.05, 0.1) is 10.5 Å². The van der Waals surface area contributed by atoms with Gasteiger partial charge in [0.15, 0.2) is 6.61 Å². The molecule has 2 aromatic carbocycles. The fourth-order valence-electron chi connectivity index (χ4n) is 1.90. The number of esters is 1. The molecule has 0 bridgehead atoms. The zero-order valence-electron chi connectivity index (χ0n) is 13.4. The van der Waals surface area contributed by atoms with Crippen molar-refractivity contribution in [3.05, 3.63) is 64.2 Å². The summed E-state index contributed by atoms with van der Waals surface area (Å²) in [6, 6.07) is 9.07. The highest BCUT2D eigenvalue weighted by Gasteiger charge is 2.31. The monoisotopic (exact) mass is 384 g/mol. The third-order valence-electron chi connectivity index (χ3n) is 3.00. The zero-order chi connectivity index (χ0) is 20.0. The number of benzene rings is 2. The Morgan fingerprint density at radius 3 is 2.37 bits per heavy atom. The van der Waals surface area contributed by atoms with Gasteiger partial charge in [0.2, 0.25) is 0 Å². The Balaban J connectivity index is 1.88. The summed E-state index contributed by atoms with van der Waals surface area (Å²) in [5.74, 6) is -2.20. The third-order valence-corrected chi connectivity index (χ3v) is 3.00. The molecule has 0 aromatic heterocycles. The van der Waals surface area contributed by atoms with Gasteiger partial charge in [0.1, 0.15) is 5.75 Å². The summed E-state index contributed by atoms with van der Waals surface area (Å²) >= 11 is 0. The van der Waals surface area contributed by atoms with Gasteiger partial charge in [0.25, 0.3) is 11.6 Å². The highest BCUT2D eigenvalue weighted by atomic mass is 19.4. The number of halogens is 3. The molecule has 2 aromatic rings. The van der Waals surface area contributed by atoms with Crippen LogP contribution in [0.2, 0.25) is 0 Å². The number of non-ortho nitro benzene ring substituents is 1. The van der Waals surface area contributed by atoms with Crippen molar-refractivity contribution in [2.45, 2.75) is 6.36 Å². The molecule has 8 nitrogen and oxygen atoms in total. The van der Waals surface area contributed by atoms with Gasteiger partial charge in [-0.3, -0.25) is 14.9 Å². The number of ether oxygens (including phenoxy) is 2. The van der Waals surface area contributed by atoms with E-state index in [9.17, 15) is 32.9 Å². The van der Waals surface area contributed by atoms with Gasteiger partial charge in [-0.15, -0.1) is 13.2 Å². The van der Waals surface area contributed by atoms with Crippen LogP contribution >= 0.6 is 0 Å². The average molecular weight is 384 g/mol. The van der Waals surface area contributed by atoms with Gasteiger partial charge < -0.3 is 14.8 Å². The molecule has 0 aliphatic rings. The Labute approximate surface area is 149 Å². The maximum absolute atomic E-state index is 12.1. The molecule has 0 spiro atoms. The van der Waals surface area contributed by atoms with Gasteiger partial charge in [-0.05, 0) is 30.3 Å². The smallest absolute Gasteiger partial charge is 0.452 e. The topological polar surface area (TPSA) is 108 Å². The molecule has 0 heterocycles. The minimum Gasteiger partial charge on any atom is -0.452 e. The molecule has 1 N–H and O–H groups in total. The number of hydrogen-bond acceptors (Lipinski definition) is 6. The molecular formula is C16H11F3N2O6. The lowest BCUT2D eigenvalue weighted by atomic mass is 10.2. The molecule has 0 atom stereocenters. The van der Waals surface area contributed by atoms with Crippen molar-refractivity contribution < 1.29 is 37.2 Å². The number of nitrogens with one attached hydrogen (secondary N) is 1. The number of nitro benzene ring substituents is 1. The van der Waals surface area contributed by atoms with Crippen molar-refractivity contribution in [2.75, 3.05) is 11.9 Å². The van der Waals surface area contributed by atoms with E-state index in [1.54, 1.807) is 0 Å². The van der Waals surface area contributed by atoms with E-state index in [0.717, 1.165) is 30.3 Å². The van der Waals surface area contributed by atoms with E-state index >= 15 is 0 Å². The molecule has 0 aliphatic heterocycles. The van der Waals surface area contributed by atoms with Crippen LogP contribution in [0.15, 0.2) is 48.5 Å². The first-order chi connectivity index (χ1) is 12.6. The van der Waals surface area contributed by atoms with Gasteiger partial charge in [0, 0.05) is 17.8 Å². The number of alkyl halides is 3. The van der Waals surface area contributed by atoms with Crippen LogP contribution in [0.3, 0.4) is 0 Å². The van der Waals surface area contributed by atoms with E-state index in [-0.39, 0.29) is 16.9 Å². The molecule has 27 heavy (non-hydrogen) atoms. The molecule has 2 rings (SSSR count). The van der Waals surface area contributed by atoms with Crippen LogP contribution in [-0.4, -0.2) is 29.8 Å². The second-order valence-corrected chi connectivity index (χ2v) is 5.00. The molecule has 0 radical (unpaired) electrons. The maximum atomic E-state index is 12.1. The predicted molar refractivity (Wildman–Crippen MR) is 85.1 cm³/mol. The lowest BCUT2D eigenvalue weighted by molar-refractivity contribution is -0.384. The minimum atomic E-state index is -4.85. The average Bonchev–Trinajstić information content (AvgIpc) is 2.59. The van der Waals surface area contributed by atoms with Crippen molar-refractivity contribution >= 4 is 23.3 Å². The van der Waals surface area contributed by atoms with Crippen LogP contribution < -0.4 is 10.1 Å². The summed E-state index contributed by atoms with van der Waals surface area (Å²) < 4.78 is 44.6. The number of carbonyl (C=O) groups is 2. The number of anilines is 1. The first-order valence-electron chi connectivity index (χ1n) is 7.21. The van der Waals surface area contributed by atoms with Gasteiger partial charge >= 0.3 is 12.3 Å². The van der Waals surface area contributed by atoms with Crippen LogP contribution in [0, 0.1) is 10.1 Å². The van der Waals surface area contributed by atoms with E-state index in [4.69, 9.17) is 4.74 Å². The zero-order valence-corrected chi connectivity index (χ0v) is 13.4. The van der Waals surface area contributed by atoms with E-state index in [0.29, 0.717) is 0 Å². The molecule has 0 fully saturated rings. The predicted octanol–water partition coefficient (Wildman–Crippen LogP) is 3.29. The number of nitro groups is 1. The molecule has 0 unspecified atom stereocenters. The number of carbonyl (C=O) groups excluding carboxylic acids is 2. The second kappa shape index (κ2) is 8.17. The maximum Gasteiger partial charge on any atom is 0.573 e. The largest absolute Gasteiger partial charge is 0.573 e. The molecule has 0 aliphatic carbocycles.